The van der Waals surface area contributed by atoms with Crippen molar-refractivity contribution in [2.75, 3.05) is 5.32 Å². The van der Waals surface area contributed by atoms with Gasteiger partial charge in [0.1, 0.15) is 11.1 Å². The van der Waals surface area contributed by atoms with Crippen molar-refractivity contribution in [3.63, 3.8) is 0 Å². The number of rotatable bonds is 3. The highest BCUT2D eigenvalue weighted by atomic mass is 35.5. The molecule has 116 valence electrons. The zero-order chi connectivity index (χ0) is 16.2. The second-order valence-electron chi connectivity index (χ2n) is 5.40. The molecule has 0 spiro atoms. The van der Waals surface area contributed by atoms with Crippen LogP contribution in [0, 0.1) is 11.3 Å². The maximum atomic E-state index is 12.1. The molecule has 0 fully saturated rings. The monoisotopic (exact) mass is 342 g/mol. The van der Waals surface area contributed by atoms with E-state index in [1.807, 2.05) is 12.1 Å². The van der Waals surface area contributed by atoms with Crippen LogP contribution in [-0.2, 0) is 17.6 Å². The van der Waals surface area contributed by atoms with Crippen LogP contribution in [0.25, 0.3) is 6.08 Å². The van der Waals surface area contributed by atoms with Gasteiger partial charge in [0.2, 0.25) is 5.91 Å². The molecule has 1 aliphatic carbocycles. The summed E-state index contributed by atoms with van der Waals surface area (Å²) in [6.45, 7) is 0. The van der Waals surface area contributed by atoms with Crippen LogP contribution in [0.1, 0.15) is 34.4 Å². The van der Waals surface area contributed by atoms with Crippen molar-refractivity contribution in [1.29, 1.82) is 5.26 Å². The molecule has 3 rings (SSSR count). The fraction of sp³-hybridized carbons (Fsp3) is 0.222. The zero-order valence-corrected chi connectivity index (χ0v) is 14.0. The SMILES string of the molecule is N#Cc1c(NC(=O)/C=C/c2ccc(Cl)cc2)sc2c1CCCC2. The van der Waals surface area contributed by atoms with Crippen molar-refractivity contribution in [3.8, 4) is 6.07 Å². The number of aryl methyl sites for hydroxylation is 1. The maximum absolute atomic E-state index is 12.1. The fourth-order valence-corrected chi connectivity index (χ4v) is 4.04. The van der Waals surface area contributed by atoms with Crippen LogP contribution in [0.3, 0.4) is 0 Å². The molecule has 0 saturated heterocycles. The first-order valence-corrected chi connectivity index (χ1v) is 8.66. The summed E-state index contributed by atoms with van der Waals surface area (Å²) in [6, 6.07) is 9.49. The largest absolute Gasteiger partial charge is 0.313 e. The van der Waals surface area contributed by atoms with E-state index in [4.69, 9.17) is 11.6 Å². The van der Waals surface area contributed by atoms with Crippen molar-refractivity contribution in [1.82, 2.24) is 0 Å². The lowest BCUT2D eigenvalue weighted by atomic mass is 9.96. The average molecular weight is 343 g/mol. The Hall–Kier alpha value is -2.09. The first-order chi connectivity index (χ1) is 11.2. The molecule has 0 unspecified atom stereocenters. The van der Waals surface area contributed by atoms with Gasteiger partial charge in [0.25, 0.3) is 0 Å². The third-order valence-electron chi connectivity index (χ3n) is 3.82. The van der Waals surface area contributed by atoms with E-state index in [0.717, 1.165) is 36.8 Å². The lowest BCUT2D eigenvalue weighted by molar-refractivity contribution is -0.111. The van der Waals surface area contributed by atoms with E-state index in [-0.39, 0.29) is 5.91 Å². The summed E-state index contributed by atoms with van der Waals surface area (Å²) in [7, 11) is 0. The van der Waals surface area contributed by atoms with Gasteiger partial charge in [-0.2, -0.15) is 5.26 Å². The molecule has 0 aliphatic heterocycles. The molecule has 0 radical (unpaired) electrons. The standard InChI is InChI=1S/C18H15ClN2OS/c19-13-8-5-12(6-9-13)7-10-17(22)21-18-15(11-20)14-3-1-2-4-16(14)23-18/h5-10H,1-4H2,(H,21,22)/b10-7+. The molecule has 2 aromatic rings. The molecule has 1 aliphatic rings. The Labute approximate surface area is 144 Å². The van der Waals surface area contributed by atoms with Crippen molar-refractivity contribution in [3.05, 3.63) is 56.9 Å². The number of nitrogens with zero attached hydrogens (tertiary/aromatic N) is 1. The summed E-state index contributed by atoms with van der Waals surface area (Å²) in [5.41, 5.74) is 2.66. The van der Waals surface area contributed by atoms with Crippen LogP contribution in [0.4, 0.5) is 5.00 Å². The molecule has 23 heavy (non-hydrogen) atoms. The fourth-order valence-electron chi connectivity index (χ4n) is 2.67. The number of halogens is 1. The van der Waals surface area contributed by atoms with E-state index in [2.05, 4.69) is 11.4 Å². The Morgan fingerprint density at radius 1 is 1.26 bits per heavy atom. The van der Waals surface area contributed by atoms with Gasteiger partial charge >= 0.3 is 0 Å². The first-order valence-electron chi connectivity index (χ1n) is 7.46. The zero-order valence-electron chi connectivity index (χ0n) is 12.4. The van der Waals surface area contributed by atoms with E-state index in [1.165, 1.54) is 22.3 Å². The Morgan fingerprint density at radius 3 is 2.74 bits per heavy atom. The van der Waals surface area contributed by atoms with Crippen LogP contribution >= 0.6 is 22.9 Å². The Kier molecular flexibility index (Phi) is 4.80. The normalized spacial score (nSPS) is 13.6. The van der Waals surface area contributed by atoms with Gasteiger partial charge in [-0.25, -0.2) is 0 Å². The van der Waals surface area contributed by atoms with Gasteiger partial charge in [-0.3, -0.25) is 4.79 Å². The molecule has 5 heteroatoms. The molecule has 0 atom stereocenters. The van der Waals surface area contributed by atoms with E-state index in [0.29, 0.717) is 15.6 Å². The molecule has 1 aromatic heterocycles. The number of amides is 1. The summed E-state index contributed by atoms with van der Waals surface area (Å²) >= 11 is 7.36. The topological polar surface area (TPSA) is 52.9 Å². The molecule has 1 N–H and O–H groups in total. The third kappa shape index (κ3) is 3.64. The Morgan fingerprint density at radius 2 is 2.00 bits per heavy atom. The number of fused-ring (bicyclic) bond motifs is 1. The van der Waals surface area contributed by atoms with E-state index in [9.17, 15) is 10.1 Å². The van der Waals surface area contributed by atoms with Gasteiger partial charge in [-0.15, -0.1) is 11.3 Å². The summed E-state index contributed by atoms with van der Waals surface area (Å²) in [6.07, 6.45) is 7.41. The van der Waals surface area contributed by atoms with Gasteiger partial charge in [-0.05, 0) is 55.0 Å². The highest BCUT2D eigenvalue weighted by Crippen LogP contribution is 2.37. The molecule has 0 bridgehead atoms. The van der Waals surface area contributed by atoms with Crippen LogP contribution in [0.5, 0.6) is 0 Å². The van der Waals surface area contributed by atoms with Crippen LogP contribution in [-0.4, -0.2) is 5.91 Å². The molecule has 1 aromatic carbocycles. The minimum atomic E-state index is -0.227. The first kappa shape index (κ1) is 15.8. The van der Waals surface area contributed by atoms with Crippen LogP contribution < -0.4 is 5.32 Å². The smallest absolute Gasteiger partial charge is 0.249 e. The summed E-state index contributed by atoms with van der Waals surface area (Å²) in [5, 5.41) is 13.6. The third-order valence-corrected chi connectivity index (χ3v) is 5.28. The summed E-state index contributed by atoms with van der Waals surface area (Å²) in [5.74, 6) is -0.227. The summed E-state index contributed by atoms with van der Waals surface area (Å²) < 4.78 is 0. The Bertz CT molecular complexity index is 800. The number of carbonyl (C=O) groups excluding carboxylic acids is 1. The van der Waals surface area contributed by atoms with Gasteiger partial charge < -0.3 is 5.32 Å². The van der Waals surface area contributed by atoms with Crippen molar-refractivity contribution in [2.45, 2.75) is 25.7 Å². The maximum Gasteiger partial charge on any atom is 0.249 e. The number of benzene rings is 1. The summed E-state index contributed by atoms with van der Waals surface area (Å²) in [4.78, 5) is 13.3. The minimum Gasteiger partial charge on any atom is -0.313 e. The molecular weight excluding hydrogens is 328 g/mol. The predicted molar refractivity (Wildman–Crippen MR) is 94.8 cm³/mol. The highest BCUT2D eigenvalue weighted by molar-refractivity contribution is 7.16. The second-order valence-corrected chi connectivity index (χ2v) is 6.94. The number of carbonyl (C=O) groups is 1. The van der Waals surface area contributed by atoms with E-state index in [1.54, 1.807) is 18.2 Å². The number of nitrogens with one attached hydrogen (secondary N) is 1. The molecular formula is C18H15ClN2OS. The minimum absolute atomic E-state index is 0.227. The average Bonchev–Trinajstić information content (AvgIpc) is 2.91. The number of anilines is 1. The van der Waals surface area contributed by atoms with Crippen molar-refractivity contribution < 1.29 is 4.79 Å². The molecule has 1 heterocycles. The van der Waals surface area contributed by atoms with Crippen LogP contribution in [0.2, 0.25) is 5.02 Å². The van der Waals surface area contributed by atoms with Gasteiger partial charge in [0.15, 0.2) is 0 Å². The van der Waals surface area contributed by atoms with Crippen molar-refractivity contribution in [2.24, 2.45) is 0 Å². The Balaban J connectivity index is 1.74. The molecule has 0 saturated carbocycles. The van der Waals surface area contributed by atoms with Gasteiger partial charge in [0, 0.05) is 16.0 Å². The number of hydrogen-bond donors (Lipinski definition) is 1. The van der Waals surface area contributed by atoms with E-state index < -0.39 is 0 Å². The predicted octanol–water partition coefficient (Wildman–Crippen LogP) is 4.80. The molecule has 3 nitrogen and oxygen atoms in total. The van der Waals surface area contributed by atoms with Crippen molar-refractivity contribution >= 4 is 39.9 Å². The number of nitriles is 1. The number of thiophene rings is 1. The lowest BCUT2D eigenvalue weighted by Crippen LogP contribution is -2.07. The van der Waals surface area contributed by atoms with Crippen LogP contribution in [0.15, 0.2) is 30.3 Å². The van der Waals surface area contributed by atoms with Gasteiger partial charge in [0.05, 0.1) is 5.56 Å². The highest BCUT2D eigenvalue weighted by Gasteiger charge is 2.21. The lowest BCUT2D eigenvalue weighted by Gasteiger charge is -2.09. The molecule has 1 amide bonds. The van der Waals surface area contributed by atoms with Gasteiger partial charge in [-0.1, -0.05) is 23.7 Å². The van der Waals surface area contributed by atoms with E-state index >= 15 is 0 Å². The number of hydrogen-bond acceptors (Lipinski definition) is 3. The second kappa shape index (κ2) is 6.99. The quantitative estimate of drug-likeness (QED) is 0.814.